The second-order valence-electron chi connectivity index (χ2n) is 1.71. The van der Waals surface area contributed by atoms with Crippen LogP contribution in [-0.4, -0.2) is 22.7 Å². The lowest BCUT2D eigenvalue weighted by Crippen LogP contribution is -2.24. The zero-order chi connectivity index (χ0) is 7.72. The molecule has 0 atom stereocenters. The van der Waals surface area contributed by atoms with Crippen molar-refractivity contribution in [2.24, 2.45) is 9.98 Å². The summed E-state index contributed by atoms with van der Waals surface area (Å²) in [5, 5.41) is -0.179. The molecule has 0 aromatic heterocycles. The summed E-state index contributed by atoms with van der Waals surface area (Å²) in [6.07, 6.45) is 0. The second-order valence-corrected chi connectivity index (χ2v) is 2.05. The molecule has 1 heterocycles. The van der Waals surface area contributed by atoms with Gasteiger partial charge in [-0.05, 0) is 18.5 Å². The smallest absolute Gasteiger partial charge is 0.282 e. The van der Waals surface area contributed by atoms with E-state index in [1.165, 1.54) is 6.92 Å². The van der Waals surface area contributed by atoms with Gasteiger partial charge in [0.1, 0.15) is 0 Å². The fourth-order valence-electron chi connectivity index (χ4n) is 0.503. The molecule has 1 aliphatic rings. The van der Waals surface area contributed by atoms with Crippen molar-refractivity contribution in [1.29, 1.82) is 0 Å². The van der Waals surface area contributed by atoms with Gasteiger partial charge in [0, 0.05) is 0 Å². The summed E-state index contributed by atoms with van der Waals surface area (Å²) < 4.78 is 0. The van der Waals surface area contributed by atoms with Gasteiger partial charge >= 0.3 is 5.91 Å². The number of carbonyl (C=O) groups excluding carboxylic acids is 2. The molecule has 4 nitrogen and oxygen atoms in total. The number of hydrogen-bond donors (Lipinski definition) is 0. The summed E-state index contributed by atoms with van der Waals surface area (Å²) in [5.41, 5.74) is 0.0880. The highest BCUT2D eigenvalue weighted by molar-refractivity contribution is 6.75. The van der Waals surface area contributed by atoms with Crippen LogP contribution in [-0.2, 0) is 9.59 Å². The van der Waals surface area contributed by atoms with Gasteiger partial charge in [0.2, 0.25) is 5.29 Å². The van der Waals surface area contributed by atoms with Gasteiger partial charge in [0.15, 0.2) is 0 Å². The molecule has 0 spiro atoms. The van der Waals surface area contributed by atoms with E-state index in [4.69, 9.17) is 11.6 Å². The van der Waals surface area contributed by atoms with Crippen LogP contribution >= 0.6 is 11.6 Å². The topological polar surface area (TPSA) is 58.9 Å². The summed E-state index contributed by atoms with van der Waals surface area (Å²) in [7, 11) is 0. The van der Waals surface area contributed by atoms with Crippen LogP contribution in [0.2, 0.25) is 0 Å². The molecule has 0 bridgehead atoms. The molecule has 0 saturated heterocycles. The van der Waals surface area contributed by atoms with Crippen molar-refractivity contribution in [3.63, 3.8) is 0 Å². The Morgan fingerprint density at radius 2 is 1.90 bits per heavy atom. The third-order valence-corrected chi connectivity index (χ3v) is 1.15. The van der Waals surface area contributed by atoms with Gasteiger partial charge in [0.25, 0.3) is 5.78 Å². The van der Waals surface area contributed by atoms with Crippen molar-refractivity contribution in [3.8, 4) is 0 Å². The van der Waals surface area contributed by atoms with E-state index in [0.717, 1.165) is 0 Å². The Balaban J connectivity index is 3.07. The maximum Gasteiger partial charge on any atom is 0.322 e. The molecular weight excluding hydrogens is 156 g/mol. The lowest BCUT2D eigenvalue weighted by molar-refractivity contribution is -0.132. The molecule has 0 aromatic rings. The summed E-state index contributed by atoms with van der Waals surface area (Å²) in [4.78, 5) is 27.7. The Bertz CT molecular complexity index is 264. The minimum Gasteiger partial charge on any atom is -0.282 e. The summed E-state index contributed by atoms with van der Waals surface area (Å²) in [6.45, 7) is 1.41. The highest BCUT2D eigenvalue weighted by atomic mass is 35.5. The van der Waals surface area contributed by atoms with Crippen LogP contribution in [0.4, 0.5) is 0 Å². The lowest BCUT2D eigenvalue weighted by Gasteiger charge is -1.99. The van der Waals surface area contributed by atoms with E-state index in [-0.39, 0.29) is 11.0 Å². The molecule has 0 aromatic carbocycles. The largest absolute Gasteiger partial charge is 0.322 e. The zero-order valence-corrected chi connectivity index (χ0v) is 5.84. The van der Waals surface area contributed by atoms with Crippen LogP contribution in [0.5, 0.6) is 0 Å². The molecule has 0 aliphatic carbocycles. The van der Waals surface area contributed by atoms with Gasteiger partial charge < -0.3 is 0 Å². The Morgan fingerprint density at radius 1 is 1.30 bits per heavy atom. The van der Waals surface area contributed by atoms with Gasteiger partial charge in [-0.25, -0.2) is 4.99 Å². The van der Waals surface area contributed by atoms with E-state index < -0.39 is 11.7 Å². The van der Waals surface area contributed by atoms with Crippen LogP contribution < -0.4 is 0 Å². The summed E-state index contributed by atoms with van der Waals surface area (Å²) in [5.74, 6) is -1.54. The number of aliphatic imine (C=N–C) groups is 2. The number of amides is 1. The standard InChI is InChI=1S/C5H3ClN2O2/c1-2-3(9)4(10)8-5(6)7-2/h1H3. The van der Waals surface area contributed by atoms with E-state index in [1.54, 1.807) is 0 Å². The normalized spacial score (nSPS) is 18.6. The van der Waals surface area contributed by atoms with Gasteiger partial charge in [-0.1, -0.05) is 0 Å². The number of amidine groups is 1. The van der Waals surface area contributed by atoms with Crippen molar-refractivity contribution in [1.82, 2.24) is 0 Å². The third kappa shape index (κ3) is 1.11. The average molecular weight is 159 g/mol. The minimum atomic E-state index is -0.850. The van der Waals surface area contributed by atoms with Gasteiger partial charge in [-0.2, -0.15) is 4.99 Å². The fraction of sp³-hybridized carbons (Fsp3) is 0.200. The van der Waals surface area contributed by atoms with Crippen LogP contribution in [0.15, 0.2) is 9.98 Å². The molecule has 0 fully saturated rings. The molecule has 1 rings (SSSR count). The molecule has 5 heteroatoms. The first-order chi connectivity index (χ1) is 4.61. The number of nitrogens with zero attached hydrogens (tertiary/aromatic N) is 2. The maximum atomic E-state index is 10.6. The summed E-state index contributed by atoms with van der Waals surface area (Å²) in [6, 6.07) is 0. The number of ketones is 1. The molecule has 0 radical (unpaired) electrons. The van der Waals surface area contributed by atoms with Gasteiger partial charge in [-0.3, -0.25) is 9.59 Å². The minimum absolute atomic E-state index is 0.0880. The number of halogens is 1. The highest BCUT2D eigenvalue weighted by Crippen LogP contribution is 1.99. The third-order valence-electron chi connectivity index (χ3n) is 0.977. The quantitative estimate of drug-likeness (QED) is 0.372. The molecule has 0 unspecified atom stereocenters. The first kappa shape index (κ1) is 7.08. The molecule has 1 aliphatic heterocycles. The van der Waals surface area contributed by atoms with E-state index in [1.807, 2.05) is 0 Å². The SMILES string of the molecule is CC1=NC(Cl)=NC(=O)C1=O. The molecule has 0 N–H and O–H groups in total. The van der Waals surface area contributed by atoms with Gasteiger partial charge in [0.05, 0.1) is 5.71 Å². The molecule has 0 saturated carbocycles. The molecule has 1 amide bonds. The van der Waals surface area contributed by atoms with Gasteiger partial charge in [-0.15, -0.1) is 0 Å². The van der Waals surface area contributed by atoms with Crippen LogP contribution in [0.3, 0.4) is 0 Å². The van der Waals surface area contributed by atoms with Crippen LogP contribution in [0, 0.1) is 0 Å². The Labute approximate surface area is 61.6 Å². The van der Waals surface area contributed by atoms with E-state index in [0.29, 0.717) is 0 Å². The number of rotatable bonds is 0. The number of hydrogen-bond acceptors (Lipinski definition) is 3. The zero-order valence-electron chi connectivity index (χ0n) is 5.09. The first-order valence-corrected chi connectivity index (χ1v) is 2.87. The maximum absolute atomic E-state index is 10.6. The Morgan fingerprint density at radius 3 is 2.40 bits per heavy atom. The van der Waals surface area contributed by atoms with Crippen molar-refractivity contribution in [2.75, 3.05) is 0 Å². The monoisotopic (exact) mass is 158 g/mol. The van der Waals surface area contributed by atoms with Crippen molar-refractivity contribution < 1.29 is 9.59 Å². The van der Waals surface area contributed by atoms with E-state index in [9.17, 15) is 9.59 Å². The first-order valence-electron chi connectivity index (χ1n) is 2.49. The van der Waals surface area contributed by atoms with E-state index >= 15 is 0 Å². The number of Topliss-reactive ketones (excluding diaryl/α,β-unsaturated/α-hetero) is 1. The van der Waals surface area contributed by atoms with Crippen LogP contribution in [0.25, 0.3) is 0 Å². The predicted molar refractivity (Wildman–Crippen MR) is 36.4 cm³/mol. The Hall–Kier alpha value is -1.03. The van der Waals surface area contributed by atoms with Crippen LogP contribution in [0.1, 0.15) is 6.92 Å². The van der Waals surface area contributed by atoms with Crippen molar-refractivity contribution >= 4 is 34.3 Å². The predicted octanol–water partition coefficient (Wildman–Crippen LogP) is 0.151. The lowest BCUT2D eigenvalue weighted by atomic mass is 10.2. The molecule has 52 valence electrons. The van der Waals surface area contributed by atoms with Crippen molar-refractivity contribution in [2.45, 2.75) is 6.92 Å². The highest BCUT2D eigenvalue weighted by Gasteiger charge is 2.21. The average Bonchev–Trinajstić information content (AvgIpc) is 1.82. The molecule has 10 heavy (non-hydrogen) atoms. The number of carbonyl (C=O) groups is 2. The van der Waals surface area contributed by atoms with E-state index in [2.05, 4.69) is 9.98 Å². The summed E-state index contributed by atoms with van der Waals surface area (Å²) >= 11 is 5.26. The van der Waals surface area contributed by atoms with Crippen molar-refractivity contribution in [3.05, 3.63) is 0 Å². The Kier molecular flexibility index (Phi) is 1.63. The second kappa shape index (κ2) is 2.30. The molecular formula is C5H3ClN2O2. The fourth-order valence-corrected chi connectivity index (χ4v) is 0.707.